The summed E-state index contributed by atoms with van der Waals surface area (Å²) in [5.41, 5.74) is 6.14. The number of methoxy groups -OCH3 is 1. The highest BCUT2D eigenvalue weighted by Crippen LogP contribution is 2.35. The maximum atomic E-state index is 13.8. The van der Waals surface area contributed by atoms with Crippen LogP contribution in [0.4, 0.5) is 4.39 Å². The Hall–Kier alpha value is -2.07. The maximum absolute atomic E-state index is 13.8. The summed E-state index contributed by atoms with van der Waals surface area (Å²) in [5.74, 6) is 1.14. The molecule has 2 rings (SSSR count). The molecule has 19 heavy (non-hydrogen) atoms. The van der Waals surface area contributed by atoms with E-state index < -0.39 is 6.04 Å². The normalized spacial score (nSPS) is 12.0. The molecule has 1 atom stereocenters. The molecule has 0 aliphatic rings. The van der Waals surface area contributed by atoms with Crippen LogP contribution in [-0.2, 0) is 0 Å². The first-order chi connectivity index (χ1) is 9.13. The molecule has 0 saturated heterocycles. The zero-order valence-electron chi connectivity index (χ0n) is 10.9. The fourth-order valence-electron chi connectivity index (χ4n) is 1.87. The minimum absolute atomic E-state index is 0.355. The van der Waals surface area contributed by atoms with Crippen LogP contribution in [0.5, 0.6) is 17.2 Å². The monoisotopic (exact) mass is 261 g/mol. The molecule has 0 radical (unpaired) electrons. The van der Waals surface area contributed by atoms with Gasteiger partial charge >= 0.3 is 0 Å². The van der Waals surface area contributed by atoms with Crippen molar-refractivity contribution in [1.82, 2.24) is 0 Å². The second kappa shape index (κ2) is 5.71. The first-order valence-electron chi connectivity index (χ1n) is 5.98. The molecule has 0 aliphatic heterocycles. The lowest BCUT2D eigenvalue weighted by molar-refractivity contribution is 0.375. The third-order valence-electron chi connectivity index (χ3n) is 2.76. The van der Waals surface area contributed by atoms with Crippen molar-refractivity contribution in [2.24, 2.45) is 5.73 Å². The topological polar surface area (TPSA) is 44.5 Å². The van der Waals surface area contributed by atoms with Crippen molar-refractivity contribution in [3.8, 4) is 17.2 Å². The summed E-state index contributed by atoms with van der Waals surface area (Å²) >= 11 is 0. The van der Waals surface area contributed by atoms with Gasteiger partial charge in [0.1, 0.15) is 11.6 Å². The fraction of sp³-hybridized carbons (Fsp3) is 0.200. The zero-order chi connectivity index (χ0) is 13.8. The van der Waals surface area contributed by atoms with Crippen LogP contribution in [0.3, 0.4) is 0 Å². The fourth-order valence-corrected chi connectivity index (χ4v) is 1.87. The molecule has 0 aliphatic carbocycles. The molecule has 100 valence electrons. The number of hydrogen-bond donors (Lipinski definition) is 1. The van der Waals surface area contributed by atoms with E-state index >= 15 is 0 Å². The van der Waals surface area contributed by atoms with E-state index in [0.29, 0.717) is 22.8 Å². The molecule has 0 spiro atoms. The molecule has 0 unspecified atom stereocenters. The van der Waals surface area contributed by atoms with Gasteiger partial charge in [-0.1, -0.05) is 18.2 Å². The molecule has 2 aromatic carbocycles. The smallest absolute Gasteiger partial charge is 0.169 e. The average molecular weight is 261 g/mol. The Morgan fingerprint density at radius 3 is 2.26 bits per heavy atom. The lowest BCUT2D eigenvalue weighted by Gasteiger charge is -2.15. The van der Waals surface area contributed by atoms with Crippen molar-refractivity contribution in [2.75, 3.05) is 7.11 Å². The quantitative estimate of drug-likeness (QED) is 0.913. The lowest BCUT2D eigenvalue weighted by Crippen LogP contribution is -2.09. The summed E-state index contributed by atoms with van der Waals surface area (Å²) in [6.07, 6.45) is 0. The van der Waals surface area contributed by atoms with E-state index in [1.54, 1.807) is 38.3 Å². The van der Waals surface area contributed by atoms with Gasteiger partial charge in [-0.05, 0) is 31.2 Å². The van der Waals surface area contributed by atoms with Crippen molar-refractivity contribution >= 4 is 0 Å². The van der Waals surface area contributed by atoms with Crippen molar-refractivity contribution in [2.45, 2.75) is 13.0 Å². The van der Waals surface area contributed by atoms with E-state index in [4.69, 9.17) is 15.2 Å². The van der Waals surface area contributed by atoms with Crippen molar-refractivity contribution < 1.29 is 13.9 Å². The summed E-state index contributed by atoms with van der Waals surface area (Å²) < 4.78 is 24.7. The molecule has 2 aromatic rings. The van der Waals surface area contributed by atoms with Crippen LogP contribution in [0.25, 0.3) is 0 Å². The molecule has 0 heterocycles. The second-order valence-corrected chi connectivity index (χ2v) is 4.19. The van der Waals surface area contributed by atoms with Crippen LogP contribution in [0.1, 0.15) is 18.5 Å². The Balaban J connectivity index is 2.41. The molecule has 0 amide bonds. The standard InChI is InChI=1S/C15H16FNO2/c1-10(17)15-11(16)6-5-9-14(15)19-13-8-4-3-7-12(13)18-2/h3-10H,17H2,1-2H3/t10-/m1/s1. The van der Waals surface area contributed by atoms with Gasteiger partial charge in [-0.2, -0.15) is 0 Å². The van der Waals surface area contributed by atoms with Gasteiger partial charge in [0.15, 0.2) is 11.5 Å². The third-order valence-corrected chi connectivity index (χ3v) is 2.76. The number of halogens is 1. The van der Waals surface area contributed by atoms with Gasteiger partial charge in [0.05, 0.1) is 7.11 Å². The number of rotatable bonds is 4. The van der Waals surface area contributed by atoms with Crippen LogP contribution in [0, 0.1) is 5.82 Å². The molecule has 3 nitrogen and oxygen atoms in total. The van der Waals surface area contributed by atoms with E-state index in [1.807, 2.05) is 12.1 Å². The Labute approximate surface area is 111 Å². The zero-order valence-corrected chi connectivity index (χ0v) is 10.9. The molecule has 0 fully saturated rings. The van der Waals surface area contributed by atoms with Gasteiger partial charge in [0.2, 0.25) is 0 Å². The van der Waals surface area contributed by atoms with Crippen LogP contribution in [0.2, 0.25) is 0 Å². The van der Waals surface area contributed by atoms with Crippen LogP contribution >= 0.6 is 0 Å². The molecule has 0 aromatic heterocycles. The van der Waals surface area contributed by atoms with E-state index in [9.17, 15) is 4.39 Å². The Morgan fingerprint density at radius 2 is 1.63 bits per heavy atom. The highest BCUT2D eigenvalue weighted by Gasteiger charge is 2.15. The van der Waals surface area contributed by atoms with Crippen LogP contribution < -0.4 is 15.2 Å². The minimum atomic E-state index is -0.453. The molecule has 2 N–H and O–H groups in total. The van der Waals surface area contributed by atoms with Crippen LogP contribution in [0.15, 0.2) is 42.5 Å². The number of nitrogens with two attached hydrogens (primary N) is 1. The van der Waals surface area contributed by atoms with E-state index in [-0.39, 0.29) is 5.82 Å². The van der Waals surface area contributed by atoms with Gasteiger partial charge < -0.3 is 15.2 Å². The van der Waals surface area contributed by atoms with Crippen LogP contribution in [-0.4, -0.2) is 7.11 Å². The first-order valence-corrected chi connectivity index (χ1v) is 5.98. The van der Waals surface area contributed by atoms with Gasteiger partial charge in [-0.3, -0.25) is 0 Å². The second-order valence-electron chi connectivity index (χ2n) is 4.19. The van der Waals surface area contributed by atoms with E-state index in [0.717, 1.165) is 0 Å². The third kappa shape index (κ3) is 2.85. The number of hydrogen-bond acceptors (Lipinski definition) is 3. The average Bonchev–Trinajstić information content (AvgIpc) is 2.39. The highest BCUT2D eigenvalue weighted by atomic mass is 19.1. The Morgan fingerprint density at radius 1 is 1.00 bits per heavy atom. The number of ether oxygens (including phenoxy) is 2. The largest absolute Gasteiger partial charge is 0.493 e. The predicted molar refractivity (Wildman–Crippen MR) is 72.1 cm³/mol. The maximum Gasteiger partial charge on any atom is 0.169 e. The Kier molecular flexibility index (Phi) is 4.02. The minimum Gasteiger partial charge on any atom is -0.493 e. The SMILES string of the molecule is COc1ccccc1Oc1cccc(F)c1[C@@H](C)N. The lowest BCUT2D eigenvalue weighted by atomic mass is 10.1. The molecule has 0 bridgehead atoms. The summed E-state index contributed by atoms with van der Waals surface area (Å²) in [5, 5.41) is 0. The van der Waals surface area contributed by atoms with Gasteiger partial charge in [0, 0.05) is 11.6 Å². The van der Waals surface area contributed by atoms with Gasteiger partial charge in [-0.25, -0.2) is 4.39 Å². The summed E-state index contributed by atoms with van der Waals surface area (Å²) in [7, 11) is 1.56. The van der Waals surface area contributed by atoms with E-state index in [2.05, 4.69) is 0 Å². The highest BCUT2D eigenvalue weighted by molar-refractivity contribution is 5.45. The van der Waals surface area contributed by atoms with Gasteiger partial charge in [-0.15, -0.1) is 0 Å². The molecule has 4 heteroatoms. The Bertz CT molecular complexity index is 570. The van der Waals surface area contributed by atoms with Crippen molar-refractivity contribution in [3.05, 3.63) is 53.8 Å². The molecular weight excluding hydrogens is 245 g/mol. The summed E-state index contributed by atoms with van der Waals surface area (Å²) in [6, 6.07) is 11.4. The number of benzene rings is 2. The summed E-state index contributed by atoms with van der Waals surface area (Å²) in [4.78, 5) is 0. The van der Waals surface area contributed by atoms with Crippen molar-refractivity contribution in [3.63, 3.8) is 0 Å². The van der Waals surface area contributed by atoms with E-state index in [1.165, 1.54) is 6.07 Å². The number of para-hydroxylation sites is 2. The van der Waals surface area contributed by atoms with Crippen molar-refractivity contribution in [1.29, 1.82) is 0 Å². The first kappa shape index (κ1) is 13.4. The molecular formula is C15H16FNO2. The predicted octanol–water partition coefficient (Wildman–Crippen LogP) is 3.65. The molecule has 0 saturated carbocycles. The van der Waals surface area contributed by atoms with Gasteiger partial charge in [0.25, 0.3) is 0 Å². The summed E-state index contributed by atoms with van der Waals surface area (Å²) in [6.45, 7) is 1.72.